The first-order chi connectivity index (χ1) is 6.66. The van der Waals surface area contributed by atoms with Gasteiger partial charge in [-0.1, -0.05) is 24.4 Å². The standard InChI is InChI=1S/C11H12ClFO/c12-8-3-4-10(13)9(6-8)11(14)5-7-1-2-7/h3-4,6-7,11,14H,1-2,5H2. The highest BCUT2D eigenvalue weighted by molar-refractivity contribution is 6.30. The van der Waals surface area contributed by atoms with E-state index in [1.807, 2.05) is 0 Å². The molecule has 76 valence electrons. The van der Waals surface area contributed by atoms with Crippen LogP contribution in [0, 0.1) is 11.7 Å². The van der Waals surface area contributed by atoms with Crippen LogP contribution in [-0.2, 0) is 0 Å². The molecular weight excluding hydrogens is 203 g/mol. The fourth-order valence-corrected chi connectivity index (χ4v) is 1.75. The predicted molar refractivity (Wildman–Crippen MR) is 53.7 cm³/mol. The summed E-state index contributed by atoms with van der Waals surface area (Å²) in [6.07, 6.45) is 2.25. The zero-order valence-electron chi connectivity index (χ0n) is 7.71. The van der Waals surface area contributed by atoms with Crippen molar-refractivity contribution in [2.24, 2.45) is 5.92 Å². The first-order valence-corrected chi connectivity index (χ1v) is 5.17. The SMILES string of the molecule is OC(CC1CC1)c1cc(Cl)ccc1F. The van der Waals surface area contributed by atoms with Crippen LogP contribution in [0.3, 0.4) is 0 Å². The van der Waals surface area contributed by atoms with Crippen molar-refractivity contribution in [3.63, 3.8) is 0 Å². The molecule has 1 N–H and O–H groups in total. The van der Waals surface area contributed by atoms with Crippen molar-refractivity contribution in [3.8, 4) is 0 Å². The lowest BCUT2D eigenvalue weighted by molar-refractivity contribution is 0.156. The molecular formula is C11H12ClFO. The van der Waals surface area contributed by atoms with Gasteiger partial charge in [0.25, 0.3) is 0 Å². The minimum atomic E-state index is -0.707. The first kappa shape index (κ1) is 9.94. The Labute approximate surface area is 87.5 Å². The lowest BCUT2D eigenvalue weighted by Gasteiger charge is -2.11. The summed E-state index contributed by atoms with van der Waals surface area (Å²) in [7, 11) is 0. The molecule has 1 aromatic rings. The van der Waals surface area contributed by atoms with Crippen LogP contribution in [0.2, 0.25) is 5.02 Å². The molecule has 3 heteroatoms. The normalized spacial score (nSPS) is 18.2. The van der Waals surface area contributed by atoms with E-state index in [4.69, 9.17) is 11.6 Å². The quantitative estimate of drug-likeness (QED) is 0.819. The third kappa shape index (κ3) is 2.25. The van der Waals surface area contributed by atoms with Gasteiger partial charge in [-0.3, -0.25) is 0 Å². The maximum absolute atomic E-state index is 13.3. The van der Waals surface area contributed by atoms with Crippen LogP contribution >= 0.6 is 11.6 Å². The second-order valence-corrected chi connectivity index (χ2v) is 4.30. The number of benzene rings is 1. The summed E-state index contributed by atoms with van der Waals surface area (Å²) in [5.74, 6) is 0.200. The predicted octanol–water partition coefficient (Wildman–Crippen LogP) is 3.31. The smallest absolute Gasteiger partial charge is 0.129 e. The Balaban J connectivity index is 2.15. The van der Waals surface area contributed by atoms with Gasteiger partial charge < -0.3 is 5.11 Å². The Hall–Kier alpha value is -0.600. The van der Waals surface area contributed by atoms with Gasteiger partial charge in [-0.15, -0.1) is 0 Å². The molecule has 14 heavy (non-hydrogen) atoms. The highest BCUT2D eigenvalue weighted by Gasteiger charge is 2.26. The first-order valence-electron chi connectivity index (χ1n) is 4.80. The van der Waals surface area contributed by atoms with Gasteiger partial charge in [-0.2, -0.15) is 0 Å². The highest BCUT2D eigenvalue weighted by Crippen LogP contribution is 2.38. The Morgan fingerprint density at radius 2 is 2.21 bits per heavy atom. The van der Waals surface area contributed by atoms with Gasteiger partial charge in [0.1, 0.15) is 5.82 Å². The van der Waals surface area contributed by atoms with Crippen molar-refractivity contribution in [3.05, 3.63) is 34.6 Å². The van der Waals surface area contributed by atoms with E-state index in [1.165, 1.54) is 18.2 Å². The van der Waals surface area contributed by atoms with Crippen molar-refractivity contribution in [2.45, 2.75) is 25.4 Å². The third-order valence-electron chi connectivity index (χ3n) is 2.57. The lowest BCUT2D eigenvalue weighted by Crippen LogP contribution is -2.01. The maximum Gasteiger partial charge on any atom is 0.129 e. The second kappa shape index (κ2) is 3.87. The number of hydrogen-bond acceptors (Lipinski definition) is 1. The lowest BCUT2D eigenvalue weighted by atomic mass is 10.0. The van der Waals surface area contributed by atoms with Crippen LogP contribution in [0.5, 0.6) is 0 Å². The van der Waals surface area contributed by atoms with Gasteiger partial charge in [-0.05, 0) is 30.5 Å². The number of rotatable bonds is 3. The summed E-state index contributed by atoms with van der Waals surface area (Å²) in [5.41, 5.74) is 0.324. The van der Waals surface area contributed by atoms with Gasteiger partial charge >= 0.3 is 0 Å². The van der Waals surface area contributed by atoms with E-state index in [0.29, 0.717) is 22.9 Å². The Bertz CT molecular complexity index is 336. The minimum absolute atomic E-state index is 0.324. The number of aliphatic hydroxyl groups excluding tert-OH is 1. The monoisotopic (exact) mass is 214 g/mol. The van der Waals surface area contributed by atoms with Gasteiger partial charge in [0.15, 0.2) is 0 Å². The molecule has 0 aromatic heterocycles. The minimum Gasteiger partial charge on any atom is -0.388 e. The molecule has 0 aliphatic heterocycles. The van der Waals surface area contributed by atoms with Crippen LogP contribution < -0.4 is 0 Å². The molecule has 1 saturated carbocycles. The van der Waals surface area contributed by atoms with Crippen molar-refractivity contribution in [2.75, 3.05) is 0 Å². The molecule has 1 nitrogen and oxygen atoms in total. The van der Waals surface area contributed by atoms with E-state index in [2.05, 4.69) is 0 Å². The Morgan fingerprint density at radius 1 is 1.50 bits per heavy atom. The summed E-state index contributed by atoms with van der Waals surface area (Å²) in [5, 5.41) is 10.2. The van der Waals surface area contributed by atoms with Gasteiger partial charge in [0.2, 0.25) is 0 Å². The summed E-state index contributed by atoms with van der Waals surface area (Å²) >= 11 is 5.74. The molecule has 0 heterocycles. The summed E-state index contributed by atoms with van der Waals surface area (Å²) in [6.45, 7) is 0. The van der Waals surface area contributed by atoms with Crippen LogP contribution in [0.4, 0.5) is 4.39 Å². The molecule has 1 aliphatic rings. The molecule has 0 radical (unpaired) electrons. The molecule has 0 spiro atoms. The van der Waals surface area contributed by atoms with Gasteiger partial charge in [-0.25, -0.2) is 4.39 Å². The van der Waals surface area contributed by atoms with Crippen molar-refractivity contribution in [1.82, 2.24) is 0 Å². The molecule has 1 aromatic carbocycles. The van der Waals surface area contributed by atoms with E-state index >= 15 is 0 Å². The summed E-state index contributed by atoms with van der Waals surface area (Å²) in [6, 6.07) is 4.29. The van der Waals surface area contributed by atoms with Gasteiger partial charge in [0, 0.05) is 10.6 Å². The Kier molecular flexibility index (Phi) is 2.75. The number of halogens is 2. The fraction of sp³-hybridized carbons (Fsp3) is 0.455. The maximum atomic E-state index is 13.3. The van der Waals surface area contributed by atoms with E-state index in [9.17, 15) is 9.50 Å². The molecule has 0 saturated heterocycles. The van der Waals surface area contributed by atoms with Crippen molar-refractivity contribution in [1.29, 1.82) is 0 Å². The van der Waals surface area contributed by atoms with E-state index < -0.39 is 6.10 Å². The molecule has 0 bridgehead atoms. The van der Waals surface area contributed by atoms with Crippen LogP contribution in [-0.4, -0.2) is 5.11 Å². The molecule has 1 unspecified atom stereocenters. The molecule has 1 aliphatic carbocycles. The average Bonchev–Trinajstić information content (AvgIpc) is 2.93. The zero-order chi connectivity index (χ0) is 10.1. The zero-order valence-corrected chi connectivity index (χ0v) is 8.47. The van der Waals surface area contributed by atoms with Crippen molar-refractivity contribution < 1.29 is 9.50 Å². The van der Waals surface area contributed by atoms with E-state index in [1.54, 1.807) is 0 Å². The average molecular weight is 215 g/mol. The number of hydrogen-bond donors (Lipinski definition) is 1. The van der Waals surface area contributed by atoms with Crippen LogP contribution in [0.15, 0.2) is 18.2 Å². The summed E-state index contributed by atoms with van der Waals surface area (Å²) < 4.78 is 13.3. The third-order valence-corrected chi connectivity index (χ3v) is 2.81. The van der Waals surface area contributed by atoms with Gasteiger partial charge in [0.05, 0.1) is 6.10 Å². The molecule has 1 atom stereocenters. The Morgan fingerprint density at radius 3 is 2.86 bits per heavy atom. The van der Waals surface area contributed by atoms with Crippen LogP contribution in [0.1, 0.15) is 30.9 Å². The van der Waals surface area contributed by atoms with E-state index in [0.717, 1.165) is 12.8 Å². The molecule has 0 amide bonds. The second-order valence-electron chi connectivity index (χ2n) is 3.86. The van der Waals surface area contributed by atoms with Crippen LogP contribution in [0.25, 0.3) is 0 Å². The molecule has 2 rings (SSSR count). The highest BCUT2D eigenvalue weighted by atomic mass is 35.5. The fourth-order valence-electron chi connectivity index (χ4n) is 1.57. The largest absolute Gasteiger partial charge is 0.388 e. The van der Waals surface area contributed by atoms with Crippen molar-refractivity contribution >= 4 is 11.6 Å². The summed E-state index contributed by atoms with van der Waals surface area (Å²) in [4.78, 5) is 0. The molecule has 1 fully saturated rings. The number of aliphatic hydroxyl groups is 1. The topological polar surface area (TPSA) is 20.2 Å². The van der Waals surface area contributed by atoms with E-state index in [-0.39, 0.29) is 5.82 Å².